The van der Waals surface area contributed by atoms with Crippen molar-refractivity contribution >= 4 is 0 Å². The molecule has 0 amide bonds. The van der Waals surface area contributed by atoms with Crippen molar-refractivity contribution in [3.05, 3.63) is 35.9 Å². The Hall–Kier alpha value is -0.900. The highest BCUT2D eigenvalue weighted by atomic mass is 16.5. The summed E-state index contributed by atoms with van der Waals surface area (Å²) in [7, 11) is 0. The highest BCUT2D eigenvalue weighted by Gasteiger charge is 2.23. The zero-order valence-electron chi connectivity index (χ0n) is 21.1. The molecule has 0 spiro atoms. The van der Waals surface area contributed by atoms with E-state index in [0.717, 1.165) is 25.7 Å². The van der Waals surface area contributed by atoms with Crippen LogP contribution in [0.4, 0.5) is 0 Å². The fraction of sp³-hybridized carbons (Fsp3) is 0.793. The molecular formula is C29H52O3. The third-order valence-corrected chi connectivity index (χ3v) is 6.67. The van der Waals surface area contributed by atoms with Gasteiger partial charge in [-0.2, -0.15) is 0 Å². The first-order valence-electron chi connectivity index (χ1n) is 13.7. The van der Waals surface area contributed by atoms with Crippen LogP contribution in [-0.4, -0.2) is 29.0 Å². The lowest BCUT2D eigenvalue weighted by Gasteiger charge is -2.26. The predicted octanol–water partition coefficient (Wildman–Crippen LogP) is 7.82. The number of aliphatic hydroxyl groups is 2. The van der Waals surface area contributed by atoms with E-state index in [-0.39, 0.29) is 18.6 Å². The topological polar surface area (TPSA) is 49.7 Å². The van der Waals surface area contributed by atoms with Crippen LogP contribution in [0, 0.1) is 5.92 Å². The van der Waals surface area contributed by atoms with E-state index in [4.69, 9.17) is 4.74 Å². The van der Waals surface area contributed by atoms with Crippen molar-refractivity contribution in [2.45, 2.75) is 135 Å². The lowest BCUT2D eigenvalue weighted by Crippen LogP contribution is -2.29. The Kier molecular flexibility index (Phi) is 18.8. The van der Waals surface area contributed by atoms with Gasteiger partial charge in [0.15, 0.2) is 0 Å². The van der Waals surface area contributed by atoms with Crippen LogP contribution in [0.5, 0.6) is 0 Å². The summed E-state index contributed by atoms with van der Waals surface area (Å²) in [6.45, 7) is 5.13. The van der Waals surface area contributed by atoms with Crippen molar-refractivity contribution in [2.75, 3.05) is 6.61 Å². The molecule has 0 radical (unpaired) electrons. The minimum absolute atomic E-state index is 0.0298. The zero-order valence-corrected chi connectivity index (χ0v) is 21.1. The van der Waals surface area contributed by atoms with Crippen LogP contribution in [-0.2, 0) is 11.3 Å². The van der Waals surface area contributed by atoms with Crippen molar-refractivity contribution in [1.82, 2.24) is 0 Å². The number of benzene rings is 1. The second kappa shape index (κ2) is 20.7. The van der Waals surface area contributed by atoms with E-state index in [2.05, 4.69) is 26.0 Å². The number of hydrogen-bond donors (Lipinski definition) is 2. The van der Waals surface area contributed by atoms with E-state index in [1.807, 2.05) is 18.2 Å². The SMILES string of the molecule is CCCCCCCCCCC[C@H](C[C@H](O)[C@@H](CO)CCCCCC)OCc1ccccc1. The van der Waals surface area contributed by atoms with Crippen LogP contribution >= 0.6 is 0 Å². The maximum absolute atomic E-state index is 10.8. The van der Waals surface area contributed by atoms with Crippen LogP contribution in [0.2, 0.25) is 0 Å². The predicted molar refractivity (Wildman–Crippen MR) is 137 cm³/mol. The highest BCUT2D eigenvalue weighted by molar-refractivity contribution is 5.13. The van der Waals surface area contributed by atoms with Gasteiger partial charge < -0.3 is 14.9 Å². The molecule has 1 rings (SSSR count). The monoisotopic (exact) mass is 448 g/mol. The lowest BCUT2D eigenvalue weighted by atomic mass is 9.91. The molecular weight excluding hydrogens is 396 g/mol. The molecule has 0 saturated heterocycles. The highest BCUT2D eigenvalue weighted by Crippen LogP contribution is 2.22. The molecule has 186 valence electrons. The molecule has 3 atom stereocenters. The van der Waals surface area contributed by atoms with E-state index < -0.39 is 6.10 Å². The van der Waals surface area contributed by atoms with Crippen molar-refractivity contribution < 1.29 is 14.9 Å². The molecule has 2 N–H and O–H groups in total. The van der Waals surface area contributed by atoms with Crippen molar-refractivity contribution in [3.63, 3.8) is 0 Å². The van der Waals surface area contributed by atoms with Crippen LogP contribution in [0.3, 0.4) is 0 Å². The summed E-state index contributed by atoms with van der Waals surface area (Å²) in [5.41, 5.74) is 1.18. The molecule has 3 heteroatoms. The van der Waals surface area contributed by atoms with Gasteiger partial charge >= 0.3 is 0 Å². The largest absolute Gasteiger partial charge is 0.396 e. The van der Waals surface area contributed by atoms with Crippen LogP contribution in [0.15, 0.2) is 30.3 Å². The van der Waals surface area contributed by atoms with Crippen LogP contribution in [0.1, 0.15) is 122 Å². The third-order valence-electron chi connectivity index (χ3n) is 6.67. The number of hydrogen-bond acceptors (Lipinski definition) is 3. The molecule has 0 heterocycles. The molecule has 0 fully saturated rings. The van der Waals surface area contributed by atoms with Crippen molar-refractivity contribution in [3.8, 4) is 0 Å². The Labute approximate surface area is 199 Å². The molecule has 1 aromatic rings. The molecule has 0 aliphatic carbocycles. The minimum Gasteiger partial charge on any atom is -0.396 e. The Morgan fingerprint density at radius 2 is 1.25 bits per heavy atom. The van der Waals surface area contributed by atoms with Gasteiger partial charge in [-0.3, -0.25) is 0 Å². The Balaban J connectivity index is 2.41. The van der Waals surface area contributed by atoms with E-state index in [0.29, 0.717) is 13.0 Å². The molecule has 0 aliphatic heterocycles. The smallest absolute Gasteiger partial charge is 0.0720 e. The minimum atomic E-state index is -0.485. The summed E-state index contributed by atoms with van der Waals surface area (Å²) in [4.78, 5) is 0. The first-order chi connectivity index (χ1) is 15.7. The van der Waals surface area contributed by atoms with E-state index in [1.54, 1.807) is 0 Å². The normalized spacial score (nSPS) is 14.4. The Bertz CT molecular complexity index is 504. The first kappa shape index (κ1) is 29.1. The summed E-state index contributed by atoms with van der Waals surface area (Å²) in [6, 6.07) is 10.3. The molecule has 1 aromatic carbocycles. The maximum atomic E-state index is 10.8. The van der Waals surface area contributed by atoms with Gasteiger partial charge in [0, 0.05) is 12.5 Å². The third kappa shape index (κ3) is 15.0. The van der Waals surface area contributed by atoms with Gasteiger partial charge in [0.2, 0.25) is 0 Å². The number of unbranched alkanes of at least 4 members (excludes halogenated alkanes) is 11. The summed E-state index contributed by atoms with van der Waals surface area (Å²) in [5, 5.41) is 20.7. The molecule has 0 saturated carbocycles. The van der Waals surface area contributed by atoms with Crippen molar-refractivity contribution in [2.24, 2.45) is 5.92 Å². The Morgan fingerprint density at radius 1 is 0.719 bits per heavy atom. The average Bonchev–Trinajstić information content (AvgIpc) is 2.82. The number of aliphatic hydroxyl groups excluding tert-OH is 2. The lowest BCUT2D eigenvalue weighted by molar-refractivity contribution is -0.0261. The summed E-state index contributed by atoms with van der Waals surface area (Å²) >= 11 is 0. The van der Waals surface area contributed by atoms with Crippen molar-refractivity contribution in [1.29, 1.82) is 0 Å². The second-order valence-electron chi connectivity index (χ2n) is 9.63. The van der Waals surface area contributed by atoms with Gasteiger partial charge in [0.1, 0.15) is 0 Å². The fourth-order valence-corrected chi connectivity index (χ4v) is 4.44. The van der Waals surface area contributed by atoms with Gasteiger partial charge in [0.25, 0.3) is 0 Å². The van der Waals surface area contributed by atoms with Gasteiger partial charge in [-0.25, -0.2) is 0 Å². The fourth-order valence-electron chi connectivity index (χ4n) is 4.44. The zero-order chi connectivity index (χ0) is 23.3. The summed E-state index contributed by atoms with van der Waals surface area (Å²) in [5.74, 6) is -0.0298. The molecule has 32 heavy (non-hydrogen) atoms. The molecule has 3 nitrogen and oxygen atoms in total. The molecule has 0 aromatic heterocycles. The number of ether oxygens (including phenoxy) is 1. The molecule has 0 bridgehead atoms. The molecule has 0 unspecified atom stereocenters. The average molecular weight is 449 g/mol. The van der Waals surface area contributed by atoms with Gasteiger partial charge in [-0.15, -0.1) is 0 Å². The van der Waals surface area contributed by atoms with Gasteiger partial charge in [-0.1, -0.05) is 128 Å². The maximum Gasteiger partial charge on any atom is 0.0720 e. The quantitative estimate of drug-likeness (QED) is 0.178. The van der Waals surface area contributed by atoms with E-state index in [9.17, 15) is 10.2 Å². The summed E-state index contributed by atoms with van der Waals surface area (Å²) in [6.07, 6.45) is 18.7. The second-order valence-corrected chi connectivity index (χ2v) is 9.63. The molecule has 0 aliphatic rings. The number of rotatable bonds is 22. The van der Waals surface area contributed by atoms with Crippen LogP contribution < -0.4 is 0 Å². The van der Waals surface area contributed by atoms with Gasteiger partial charge in [-0.05, 0) is 24.8 Å². The summed E-state index contributed by atoms with van der Waals surface area (Å²) < 4.78 is 6.27. The van der Waals surface area contributed by atoms with E-state index in [1.165, 1.54) is 76.2 Å². The Morgan fingerprint density at radius 3 is 1.84 bits per heavy atom. The first-order valence-corrected chi connectivity index (χ1v) is 13.7. The van der Waals surface area contributed by atoms with Crippen LogP contribution in [0.25, 0.3) is 0 Å². The van der Waals surface area contributed by atoms with E-state index >= 15 is 0 Å². The van der Waals surface area contributed by atoms with Gasteiger partial charge in [0.05, 0.1) is 18.8 Å². The standard InChI is InChI=1S/C29H52O3/c1-3-5-7-9-10-11-12-13-18-22-28(32-25-26-19-15-14-16-20-26)23-29(31)27(24-30)21-17-8-6-4-2/h14-16,19-20,27-31H,3-13,17-18,21-25H2,1-2H3/t27-,28-,29+/m1/s1.